The monoisotopic (exact) mass is 508 g/mol. The molecule has 0 fully saturated rings. The van der Waals surface area contributed by atoms with E-state index >= 15 is 0 Å². The third kappa shape index (κ3) is 4.13. The molecule has 38 heavy (non-hydrogen) atoms. The summed E-state index contributed by atoms with van der Waals surface area (Å²) in [6.07, 6.45) is 3.69. The van der Waals surface area contributed by atoms with Gasteiger partial charge in [-0.3, -0.25) is 9.78 Å². The number of aryl methyl sites for hydroxylation is 4. The van der Waals surface area contributed by atoms with Crippen LogP contribution >= 0.6 is 0 Å². The zero-order chi connectivity index (χ0) is 27.3. The Labute approximate surface area is 225 Å². The van der Waals surface area contributed by atoms with Crippen molar-refractivity contribution in [2.45, 2.75) is 92.9 Å². The van der Waals surface area contributed by atoms with Crippen LogP contribution in [-0.2, 0) is 17.6 Å². The molecular formula is C33H40N4O. The molecule has 5 heterocycles. The number of ketones is 1. The molecule has 2 atom stereocenters. The highest BCUT2D eigenvalue weighted by Gasteiger charge is 2.32. The Bertz CT molecular complexity index is 1630. The summed E-state index contributed by atoms with van der Waals surface area (Å²) in [7, 11) is 0. The van der Waals surface area contributed by atoms with E-state index in [1.165, 1.54) is 33.4 Å². The van der Waals surface area contributed by atoms with E-state index in [1.807, 2.05) is 0 Å². The van der Waals surface area contributed by atoms with Gasteiger partial charge in [-0.05, 0) is 104 Å². The highest BCUT2D eigenvalue weighted by atomic mass is 16.1. The van der Waals surface area contributed by atoms with Gasteiger partial charge in [-0.2, -0.15) is 0 Å². The first-order valence-electron chi connectivity index (χ1n) is 14.2. The maximum absolute atomic E-state index is 12.9. The molecule has 5 nitrogen and oxygen atoms in total. The van der Waals surface area contributed by atoms with Crippen LogP contribution in [0.2, 0.25) is 0 Å². The Morgan fingerprint density at radius 3 is 1.61 bits per heavy atom. The summed E-state index contributed by atoms with van der Waals surface area (Å²) in [6, 6.07) is 8.71. The van der Waals surface area contributed by atoms with Crippen LogP contribution in [0.4, 0.5) is 0 Å². The molecule has 0 aliphatic carbocycles. The zero-order valence-corrected chi connectivity index (χ0v) is 24.1. The van der Waals surface area contributed by atoms with Crippen LogP contribution in [0.5, 0.6) is 0 Å². The van der Waals surface area contributed by atoms with E-state index in [0.717, 1.165) is 70.5 Å². The normalized spacial score (nSPS) is 17.4. The van der Waals surface area contributed by atoms with Crippen molar-refractivity contribution >= 4 is 39.0 Å². The number of carbonyl (C=O) groups excluding carboxylic acids is 1. The van der Waals surface area contributed by atoms with Crippen LogP contribution in [-0.4, -0.2) is 25.7 Å². The fourth-order valence-electron chi connectivity index (χ4n) is 6.57. The fraction of sp³-hybridized carbons (Fsp3) is 0.424. The summed E-state index contributed by atoms with van der Waals surface area (Å²) < 4.78 is 0. The zero-order valence-electron chi connectivity index (χ0n) is 24.1. The molecule has 3 aromatic rings. The number of nitrogens with zero attached hydrogens (tertiary/aromatic N) is 2. The molecule has 8 bridgehead atoms. The molecule has 5 rings (SSSR count). The number of allylic oxidation sites excluding steroid dienone is 2. The Kier molecular flexibility index (Phi) is 6.89. The quantitative estimate of drug-likeness (QED) is 0.364. The highest BCUT2D eigenvalue weighted by molar-refractivity contribution is 5.94. The first-order chi connectivity index (χ1) is 18.2. The van der Waals surface area contributed by atoms with E-state index in [-0.39, 0.29) is 17.6 Å². The number of rotatable bonds is 5. The van der Waals surface area contributed by atoms with Crippen molar-refractivity contribution in [1.29, 1.82) is 0 Å². The summed E-state index contributed by atoms with van der Waals surface area (Å²) in [4.78, 5) is 30.5. The third-order valence-electron chi connectivity index (χ3n) is 8.67. The first-order valence-corrected chi connectivity index (χ1v) is 14.2. The standard InChI is InChI=1S/C33H40N4O/c1-9-21-17(5)25-13-30-23(11-3)24(12-4)31(37-30)14-26-18(6)22(10-2)29(35-26)16-32-33(20(8)38)19(7)27(36-32)15-28(21)34-25/h13-16,19,33-35H,9-12H2,1-8H3/t19-,33-/m1/s1. The van der Waals surface area contributed by atoms with Crippen LogP contribution < -0.4 is 0 Å². The van der Waals surface area contributed by atoms with Gasteiger partial charge in [0.1, 0.15) is 5.78 Å². The topological polar surface area (TPSA) is 74.4 Å². The molecule has 0 unspecified atom stereocenters. The van der Waals surface area contributed by atoms with Crippen molar-refractivity contribution in [1.82, 2.24) is 19.9 Å². The molecule has 0 spiro atoms. The van der Waals surface area contributed by atoms with Crippen LogP contribution in [0.15, 0.2) is 24.3 Å². The molecule has 0 amide bonds. The Morgan fingerprint density at radius 1 is 0.711 bits per heavy atom. The van der Waals surface area contributed by atoms with Gasteiger partial charge in [0.05, 0.1) is 23.0 Å². The predicted octanol–water partition coefficient (Wildman–Crippen LogP) is 8.26. The molecular weight excluding hydrogens is 468 g/mol. The summed E-state index contributed by atoms with van der Waals surface area (Å²) >= 11 is 0. The van der Waals surface area contributed by atoms with Crippen LogP contribution in [0, 0.1) is 13.8 Å². The second kappa shape index (κ2) is 10.0. The van der Waals surface area contributed by atoms with Crippen molar-refractivity contribution in [3.63, 3.8) is 0 Å². The Balaban J connectivity index is 1.99. The molecule has 2 aliphatic rings. The van der Waals surface area contributed by atoms with Gasteiger partial charge in [0, 0.05) is 33.7 Å². The fourth-order valence-corrected chi connectivity index (χ4v) is 6.57. The lowest BCUT2D eigenvalue weighted by Crippen LogP contribution is -2.11. The lowest BCUT2D eigenvalue weighted by atomic mass is 9.88. The Hall–Kier alpha value is -3.47. The summed E-state index contributed by atoms with van der Waals surface area (Å²) in [5, 5.41) is 0. The molecule has 5 heteroatoms. The minimum absolute atomic E-state index is 0.0139. The minimum Gasteiger partial charge on any atom is -0.355 e. The van der Waals surface area contributed by atoms with Gasteiger partial charge in [-0.15, -0.1) is 0 Å². The highest BCUT2D eigenvalue weighted by Crippen LogP contribution is 2.39. The molecule has 2 N–H and O–H groups in total. The number of aromatic nitrogens is 4. The number of hydrogen-bond acceptors (Lipinski definition) is 3. The van der Waals surface area contributed by atoms with E-state index in [2.05, 4.69) is 82.7 Å². The smallest absolute Gasteiger partial charge is 0.139 e. The molecule has 2 aliphatic heterocycles. The van der Waals surface area contributed by atoms with Gasteiger partial charge in [-0.25, -0.2) is 4.98 Å². The van der Waals surface area contributed by atoms with Gasteiger partial charge in [0.15, 0.2) is 0 Å². The predicted molar refractivity (Wildman–Crippen MR) is 158 cm³/mol. The maximum Gasteiger partial charge on any atom is 0.139 e. The van der Waals surface area contributed by atoms with Crippen molar-refractivity contribution in [2.75, 3.05) is 0 Å². The van der Waals surface area contributed by atoms with E-state index < -0.39 is 0 Å². The number of fused-ring (bicyclic) bond motifs is 8. The van der Waals surface area contributed by atoms with Gasteiger partial charge in [-0.1, -0.05) is 34.6 Å². The average Bonchev–Trinajstić information content (AvgIpc) is 3.56. The van der Waals surface area contributed by atoms with E-state index in [0.29, 0.717) is 0 Å². The summed E-state index contributed by atoms with van der Waals surface area (Å²) in [5.41, 5.74) is 15.9. The number of H-pyrrole nitrogens is 2. The lowest BCUT2D eigenvalue weighted by Gasteiger charge is -2.11. The second-order valence-corrected chi connectivity index (χ2v) is 10.8. The molecule has 0 saturated heterocycles. The molecule has 0 saturated carbocycles. The Morgan fingerprint density at radius 2 is 1.18 bits per heavy atom. The maximum atomic E-state index is 12.9. The minimum atomic E-state index is -0.248. The number of aromatic amines is 2. The molecule has 0 aromatic carbocycles. The van der Waals surface area contributed by atoms with Gasteiger partial charge >= 0.3 is 0 Å². The SMILES string of the molecule is CCC1=C(CC)c2cc3[nH]c(cc4nc(cc5[nH]c(cc1n2)c(C)c5CC)[C@@H](C)[C@@H]4C(C)=O)c(CC)c3C. The van der Waals surface area contributed by atoms with Crippen molar-refractivity contribution in [2.24, 2.45) is 0 Å². The van der Waals surface area contributed by atoms with Crippen LogP contribution in [0.25, 0.3) is 33.2 Å². The number of Topliss-reactive ketones (excluding diaryl/α,β-unsaturated/α-hetero) is 1. The van der Waals surface area contributed by atoms with E-state index in [1.54, 1.807) is 6.92 Å². The first kappa shape index (κ1) is 26.1. The van der Waals surface area contributed by atoms with Crippen LogP contribution in [0.3, 0.4) is 0 Å². The summed E-state index contributed by atoms with van der Waals surface area (Å²) in [6.45, 7) is 17.0. The average molecular weight is 509 g/mol. The number of carbonyl (C=O) groups is 1. The van der Waals surface area contributed by atoms with Crippen molar-refractivity contribution in [3.8, 4) is 0 Å². The third-order valence-corrected chi connectivity index (χ3v) is 8.67. The lowest BCUT2D eigenvalue weighted by molar-refractivity contribution is -0.118. The number of hydrogen-bond donors (Lipinski definition) is 2. The van der Waals surface area contributed by atoms with Crippen molar-refractivity contribution in [3.05, 3.63) is 69.3 Å². The van der Waals surface area contributed by atoms with Gasteiger partial charge < -0.3 is 9.97 Å². The van der Waals surface area contributed by atoms with Gasteiger partial charge in [0.25, 0.3) is 0 Å². The summed E-state index contributed by atoms with van der Waals surface area (Å²) in [5.74, 6) is -0.0789. The molecule has 0 radical (unpaired) electrons. The molecule has 3 aromatic heterocycles. The van der Waals surface area contributed by atoms with Crippen LogP contribution in [0.1, 0.15) is 111 Å². The second-order valence-electron chi connectivity index (χ2n) is 10.8. The largest absolute Gasteiger partial charge is 0.355 e. The van der Waals surface area contributed by atoms with E-state index in [9.17, 15) is 4.79 Å². The van der Waals surface area contributed by atoms with Crippen molar-refractivity contribution < 1.29 is 4.79 Å². The van der Waals surface area contributed by atoms with E-state index in [4.69, 9.17) is 9.97 Å². The van der Waals surface area contributed by atoms with Gasteiger partial charge in [0.2, 0.25) is 0 Å². The molecule has 198 valence electrons. The number of nitrogens with one attached hydrogen (secondary N) is 2.